The summed E-state index contributed by atoms with van der Waals surface area (Å²) < 4.78 is 1.87. The molecule has 0 radical (unpaired) electrons. The van der Waals surface area contributed by atoms with Crippen molar-refractivity contribution < 1.29 is 9.59 Å². The number of nitrogens with zero attached hydrogens (tertiary/aromatic N) is 2. The quantitative estimate of drug-likeness (QED) is 0.276. The van der Waals surface area contributed by atoms with Gasteiger partial charge < -0.3 is 10.6 Å². The van der Waals surface area contributed by atoms with Crippen LogP contribution in [0.5, 0.6) is 0 Å². The van der Waals surface area contributed by atoms with Gasteiger partial charge in [-0.2, -0.15) is 5.10 Å². The number of benzene rings is 3. The van der Waals surface area contributed by atoms with Gasteiger partial charge in [0.15, 0.2) is 0 Å². The molecule has 5 rings (SSSR count). The molecule has 2 aromatic heterocycles. The lowest BCUT2D eigenvalue weighted by Crippen LogP contribution is -2.14. The van der Waals surface area contributed by atoms with Crippen LogP contribution < -0.4 is 10.6 Å². The maximum atomic E-state index is 13.0. The van der Waals surface area contributed by atoms with Crippen molar-refractivity contribution >= 4 is 56.3 Å². The SMILES string of the molecule is Cc1cc(NC(=O)c2cc3c(C)nn(-c4ccccc4)c3s2)ccc1NC(=O)c1ccccc1Cl. The van der Waals surface area contributed by atoms with Crippen molar-refractivity contribution in [2.75, 3.05) is 10.6 Å². The first-order chi connectivity index (χ1) is 16.9. The molecule has 2 N–H and O–H groups in total. The number of fused-ring (bicyclic) bond motifs is 1. The average molecular weight is 501 g/mol. The van der Waals surface area contributed by atoms with Crippen molar-refractivity contribution in [3.05, 3.63) is 106 Å². The molecule has 3 aromatic carbocycles. The number of rotatable bonds is 5. The third kappa shape index (κ3) is 4.56. The summed E-state index contributed by atoms with van der Waals surface area (Å²) in [6.07, 6.45) is 0. The third-order valence-corrected chi connectivity index (χ3v) is 7.06. The van der Waals surface area contributed by atoms with Gasteiger partial charge in [-0.1, -0.05) is 41.9 Å². The van der Waals surface area contributed by atoms with Crippen LogP contribution in [0.3, 0.4) is 0 Å². The van der Waals surface area contributed by atoms with Gasteiger partial charge in [0.05, 0.1) is 26.8 Å². The number of hydrogen-bond donors (Lipinski definition) is 2. The van der Waals surface area contributed by atoms with Crippen molar-refractivity contribution in [3.8, 4) is 5.69 Å². The zero-order valence-electron chi connectivity index (χ0n) is 19.0. The molecule has 0 saturated heterocycles. The highest BCUT2D eigenvalue weighted by Gasteiger charge is 2.18. The van der Waals surface area contributed by atoms with Crippen LogP contribution in [0.4, 0.5) is 11.4 Å². The number of thiophene rings is 1. The van der Waals surface area contributed by atoms with Crippen molar-refractivity contribution in [2.45, 2.75) is 13.8 Å². The van der Waals surface area contributed by atoms with Gasteiger partial charge in [-0.15, -0.1) is 11.3 Å². The van der Waals surface area contributed by atoms with Crippen LogP contribution in [0.1, 0.15) is 31.3 Å². The predicted octanol–water partition coefficient (Wildman–Crippen LogP) is 6.86. The van der Waals surface area contributed by atoms with E-state index in [1.54, 1.807) is 36.4 Å². The molecule has 0 unspecified atom stereocenters. The number of carbonyl (C=O) groups excluding carboxylic acids is 2. The third-order valence-electron chi connectivity index (χ3n) is 5.62. The number of halogens is 1. The van der Waals surface area contributed by atoms with Gasteiger partial charge in [0.1, 0.15) is 4.83 Å². The molecule has 5 aromatic rings. The lowest BCUT2D eigenvalue weighted by atomic mass is 10.1. The Hall–Kier alpha value is -3.94. The zero-order chi connectivity index (χ0) is 24.5. The second kappa shape index (κ2) is 9.37. The minimum absolute atomic E-state index is 0.197. The van der Waals surface area contributed by atoms with E-state index in [2.05, 4.69) is 15.7 Å². The number of anilines is 2. The number of nitrogens with one attached hydrogen (secondary N) is 2. The van der Waals surface area contributed by atoms with Crippen molar-refractivity contribution in [3.63, 3.8) is 0 Å². The van der Waals surface area contributed by atoms with Crippen molar-refractivity contribution in [2.24, 2.45) is 0 Å². The molecule has 0 spiro atoms. The van der Waals surface area contributed by atoms with Gasteiger partial charge in [-0.3, -0.25) is 9.59 Å². The lowest BCUT2D eigenvalue weighted by molar-refractivity contribution is 0.102. The molecule has 0 atom stereocenters. The van der Waals surface area contributed by atoms with Crippen LogP contribution in [-0.4, -0.2) is 21.6 Å². The van der Waals surface area contributed by atoms with Gasteiger partial charge >= 0.3 is 0 Å². The largest absolute Gasteiger partial charge is 0.322 e. The monoisotopic (exact) mass is 500 g/mol. The predicted molar refractivity (Wildman–Crippen MR) is 142 cm³/mol. The first kappa shape index (κ1) is 22.8. The summed E-state index contributed by atoms with van der Waals surface area (Å²) in [5.41, 5.74) is 4.32. The van der Waals surface area contributed by atoms with E-state index < -0.39 is 0 Å². The van der Waals surface area contributed by atoms with Gasteiger partial charge in [0, 0.05) is 16.8 Å². The minimum atomic E-state index is -0.288. The van der Waals surface area contributed by atoms with Crippen LogP contribution in [0, 0.1) is 13.8 Å². The fraction of sp³-hybridized carbons (Fsp3) is 0.0741. The maximum Gasteiger partial charge on any atom is 0.265 e. The fourth-order valence-corrected chi connectivity index (χ4v) is 5.11. The molecule has 0 aliphatic heterocycles. The molecular formula is C27H21ClN4O2S. The number of aromatic nitrogens is 2. The van der Waals surface area contributed by atoms with Crippen LogP contribution in [0.2, 0.25) is 5.02 Å². The number of amides is 2. The van der Waals surface area contributed by atoms with Crippen molar-refractivity contribution in [1.82, 2.24) is 9.78 Å². The highest BCUT2D eigenvalue weighted by molar-refractivity contribution is 7.20. The second-order valence-electron chi connectivity index (χ2n) is 8.08. The topological polar surface area (TPSA) is 76.0 Å². The lowest BCUT2D eigenvalue weighted by Gasteiger charge is -2.11. The van der Waals surface area contributed by atoms with Gasteiger partial charge in [-0.05, 0) is 67.9 Å². The molecule has 2 amide bonds. The molecule has 0 saturated carbocycles. The smallest absolute Gasteiger partial charge is 0.265 e. The first-order valence-electron chi connectivity index (χ1n) is 10.9. The second-order valence-corrected chi connectivity index (χ2v) is 9.52. The van der Waals surface area contributed by atoms with Crippen LogP contribution >= 0.6 is 22.9 Å². The van der Waals surface area contributed by atoms with Gasteiger partial charge in [0.25, 0.3) is 11.8 Å². The van der Waals surface area contributed by atoms with E-state index in [4.69, 9.17) is 11.6 Å². The first-order valence-corrected chi connectivity index (χ1v) is 12.1. The molecule has 6 nitrogen and oxygen atoms in total. The minimum Gasteiger partial charge on any atom is -0.322 e. The van der Waals surface area contributed by atoms with Crippen LogP contribution in [-0.2, 0) is 0 Å². The number of hydrogen-bond acceptors (Lipinski definition) is 4. The number of carbonyl (C=O) groups is 2. The molecule has 8 heteroatoms. The Morgan fingerprint density at radius 2 is 1.63 bits per heavy atom. The highest BCUT2D eigenvalue weighted by Crippen LogP contribution is 2.31. The Bertz CT molecular complexity index is 1570. The van der Waals surface area contributed by atoms with Crippen LogP contribution in [0.15, 0.2) is 78.9 Å². The molecule has 2 heterocycles. The van der Waals surface area contributed by atoms with Gasteiger partial charge in [-0.25, -0.2) is 4.68 Å². The Balaban J connectivity index is 1.34. The van der Waals surface area contributed by atoms with E-state index in [-0.39, 0.29) is 11.8 Å². The van der Waals surface area contributed by atoms with E-state index in [1.807, 2.05) is 61.0 Å². The van der Waals surface area contributed by atoms with Crippen LogP contribution in [0.25, 0.3) is 15.9 Å². The van der Waals surface area contributed by atoms with E-state index in [0.29, 0.717) is 26.8 Å². The molecule has 0 aliphatic carbocycles. The van der Waals surface area contributed by atoms with E-state index in [9.17, 15) is 9.59 Å². The van der Waals surface area contributed by atoms with E-state index >= 15 is 0 Å². The van der Waals surface area contributed by atoms with E-state index in [0.717, 1.165) is 27.2 Å². The normalized spacial score (nSPS) is 10.9. The molecule has 35 heavy (non-hydrogen) atoms. The fourth-order valence-electron chi connectivity index (χ4n) is 3.81. The summed E-state index contributed by atoms with van der Waals surface area (Å²) in [5, 5.41) is 11.8. The summed E-state index contributed by atoms with van der Waals surface area (Å²) in [6, 6.07) is 24.0. The molecule has 0 bridgehead atoms. The Morgan fingerprint density at radius 1 is 0.886 bits per heavy atom. The summed E-state index contributed by atoms with van der Waals surface area (Å²) in [5.74, 6) is -0.485. The summed E-state index contributed by atoms with van der Waals surface area (Å²) in [4.78, 5) is 27.1. The molecule has 174 valence electrons. The maximum absolute atomic E-state index is 13.0. The summed E-state index contributed by atoms with van der Waals surface area (Å²) in [6.45, 7) is 3.81. The zero-order valence-corrected chi connectivity index (χ0v) is 20.6. The van der Waals surface area contributed by atoms with Crippen molar-refractivity contribution in [1.29, 1.82) is 0 Å². The highest BCUT2D eigenvalue weighted by atomic mass is 35.5. The standard InChI is InChI=1S/C27H21ClN4O2S/c1-16-14-18(12-13-23(16)30-25(33)20-10-6-7-11-22(20)28)29-26(34)24-15-21-17(2)31-32(27(21)35-24)19-8-4-3-5-9-19/h3-15H,1-2H3,(H,29,34)(H,30,33). The average Bonchev–Trinajstić information content (AvgIpc) is 3.42. The Kier molecular flexibility index (Phi) is 6.11. The van der Waals surface area contributed by atoms with Gasteiger partial charge in [0.2, 0.25) is 0 Å². The Labute approximate surface area is 211 Å². The molecule has 0 fully saturated rings. The Morgan fingerprint density at radius 3 is 2.37 bits per heavy atom. The summed E-state index contributed by atoms with van der Waals surface area (Å²) in [7, 11) is 0. The molecular weight excluding hydrogens is 480 g/mol. The number of aryl methyl sites for hydroxylation is 2. The van der Waals surface area contributed by atoms with E-state index in [1.165, 1.54) is 11.3 Å². The number of para-hydroxylation sites is 1. The molecule has 0 aliphatic rings. The summed E-state index contributed by atoms with van der Waals surface area (Å²) >= 11 is 7.53.